The molecule has 1 aliphatic carbocycles. The molecule has 7 nitrogen and oxygen atoms in total. The van der Waals surface area contributed by atoms with Gasteiger partial charge in [-0.15, -0.1) is 0 Å². The van der Waals surface area contributed by atoms with Crippen molar-refractivity contribution < 1.29 is 15.0 Å². The molecule has 0 radical (unpaired) electrons. The molecule has 162 valence electrons. The summed E-state index contributed by atoms with van der Waals surface area (Å²) in [6.07, 6.45) is 3.42. The predicted octanol–water partition coefficient (Wildman–Crippen LogP) is 2.25. The van der Waals surface area contributed by atoms with E-state index in [0.717, 1.165) is 29.8 Å². The number of amides is 1. The number of para-hydroxylation sites is 1. The molecular weight excluding hydrogens is 392 g/mol. The highest BCUT2D eigenvalue weighted by Gasteiger charge is 2.17. The van der Waals surface area contributed by atoms with Gasteiger partial charge in [-0.3, -0.25) is 9.69 Å². The molecule has 2 aromatic carbocycles. The molecule has 3 aromatic rings. The summed E-state index contributed by atoms with van der Waals surface area (Å²) in [6, 6.07) is 18.1. The second-order valence-corrected chi connectivity index (χ2v) is 7.77. The van der Waals surface area contributed by atoms with Crippen LogP contribution in [0.4, 0.5) is 5.82 Å². The molecule has 0 saturated carbocycles. The van der Waals surface area contributed by atoms with Crippen LogP contribution in [-0.4, -0.2) is 63.6 Å². The van der Waals surface area contributed by atoms with Gasteiger partial charge >= 0.3 is 0 Å². The molecular formula is C24H28N4O3. The van der Waals surface area contributed by atoms with Crippen molar-refractivity contribution in [1.82, 2.24) is 14.7 Å². The number of rotatable bonds is 9. The standard InChI is InChI=1S/C24H28N4O3/c29-13-11-27(12-14-30)17-24(31)25-23-16-22(26-28(23)21-7-2-1-3-8-21)20-10-9-18-5-4-6-19(18)15-20/h1-3,7-10,15-16,29-30H,4-6,11-14,17H2,(H,25,31). The number of aryl methyl sites for hydroxylation is 2. The SMILES string of the molecule is O=C(CN(CCO)CCO)Nc1cc(-c2ccc3c(c2)CCC3)nn1-c1ccccc1. The van der Waals surface area contributed by atoms with Crippen molar-refractivity contribution in [2.75, 3.05) is 38.2 Å². The summed E-state index contributed by atoms with van der Waals surface area (Å²) in [4.78, 5) is 14.4. The first kappa shape index (κ1) is 21.2. The van der Waals surface area contributed by atoms with Crippen LogP contribution in [0.25, 0.3) is 16.9 Å². The van der Waals surface area contributed by atoms with Crippen molar-refractivity contribution in [3.05, 3.63) is 65.7 Å². The summed E-state index contributed by atoms with van der Waals surface area (Å²) in [5, 5.41) is 26.1. The number of hydrogen-bond acceptors (Lipinski definition) is 5. The van der Waals surface area contributed by atoms with E-state index < -0.39 is 0 Å². The van der Waals surface area contributed by atoms with Crippen LogP contribution in [0.3, 0.4) is 0 Å². The minimum absolute atomic E-state index is 0.0717. The van der Waals surface area contributed by atoms with Crippen LogP contribution in [0.5, 0.6) is 0 Å². The lowest BCUT2D eigenvalue weighted by molar-refractivity contribution is -0.117. The van der Waals surface area contributed by atoms with E-state index in [9.17, 15) is 15.0 Å². The zero-order chi connectivity index (χ0) is 21.6. The quantitative estimate of drug-likeness (QED) is 0.494. The molecule has 0 fully saturated rings. The van der Waals surface area contributed by atoms with E-state index in [4.69, 9.17) is 5.10 Å². The minimum atomic E-state index is -0.223. The summed E-state index contributed by atoms with van der Waals surface area (Å²) in [7, 11) is 0. The van der Waals surface area contributed by atoms with Crippen LogP contribution in [0, 0.1) is 0 Å². The molecule has 0 aliphatic heterocycles. The molecule has 31 heavy (non-hydrogen) atoms. The second-order valence-electron chi connectivity index (χ2n) is 7.77. The van der Waals surface area contributed by atoms with Gasteiger partial charge in [-0.05, 0) is 48.6 Å². The Morgan fingerprint density at radius 3 is 2.48 bits per heavy atom. The number of hydrogen-bond donors (Lipinski definition) is 3. The fourth-order valence-corrected chi connectivity index (χ4v) is 4.05. The van der Waals surface area contributed by atoms with Crippen molar-refractivity contribution in [1.29, 1.82) is 0 Å². The molecule has 4 rings (SSSR count). The first-order valence-corrected chi connectivity index (χ1v) is 10.7. The largest absolute Gasteiger partial charge is 0.395 e. The van der Waals surface area contributed by atoms with Crippen molar-refractivity contribution >= 4 is 11.7 Å². The number of aromatic nitrogens is 2. The van der Waals surface area contributed by atoms with Gasteiger partial charge in [0.1, 0.15) is 5.82 Å². The van der Waals surface area contributed by atoms with E-state index in [1.807, 2.05) is 36.4 Å². The number of anilines is 1. The monoisotopic (exact) mass is 420 g/mol. The number of aliphatic hydroxyl groups excluding tert-OH is 2. The van der Waals surface area contributed by atoms with Gasteiger partial charge in [0.25, 0.3) is 0 Å². The van der Waals surface area contributed by atoms with Gasteiger partial charge in [0, 0.05) is 24.7 Å². The van der Waals surface area contributed by atoms with E-state index in [1.54, 1.807) is 9.58 Å². The summed E-state index contributed by atoms with van der Waals surface area (Å²) in [5.74, 6) is 0.360. The number of fused-ring (bicyclic) bond motifs is 1. The highest BCUT2D eigenvalue weighted by atomic mass is 16.3. The van der Waals surface area contributed by atoms with E-state index >= 15 is 0 Å². The van der Waals surface area contributed by atoms with Crippen molar-refractivity contribution in [2.45, 2.75) is 19.3 Å². The molecule has 1 aliphatic rings. The zero-order valence-corrected chi connectivity index (χ0v) is 17.5. The molecule has 3 N–H and O–H groups in total. The third-order valence-electron chi connectivity index (χ3n) is 5.57. The Morgan fingerprint density at radius 1 is 1.00 bits per heavy atom. The topological polar surface area (TPSA) is 90.6 Å². The third kappa shape index (κ3) is 5.02. The van der Waals surface area contributed by atoms with Crippen LogP contribution in [-0.2, 0) is 17.6 Å². The zero-order valence-electron chi connectivity index (χ0n) is 17.5. The summed E-state index contributed by atoms with van der Waals surface area (Å²) in [5.41, 5.74) is 5.48. The maximum atomic E-state index is 12.7. The number of benzene rings is 2. The molecule has 1 aromatic heterocycles. The van der Waals surface area contributed by atoms with Crippen LogP contribution in [0.15, 0.2) is 54.6 Å². The number of aliphatic hydroxyl groups is 2. The van der Waals surface area contributed by atoms with Crippen LogP contribution in [0.1, 0.15) is 17.5 Å². The average Bonchev–Trinajstić information content (AvgIpc) is 3.41. The van der Waals surface area contributed by atoms with E-state index in [2.05, 4.69) is 23.5 Å². The second kappa shape index (κ2) is 9.87. The Morgan fingerprint density at radius 2 is 1.74 bits per heavy atom. The Labute approximate surface area is 181 Å². The molecule has 1 amide bonds. The Kier molecular flexibility index (Phi) is 6.76. The molecule has 1 heterocycles. The number of carbonyl (C=O) groups excluding carboxylic acids is 1. The van der Waals surface area contributed by atoms with Crippen molar-refractivity contribution in [3.8, 4) is 16.9 Å². The first-order chi connectivity index (χ1) is 15.2. The van der Waals surface area contributed by atoms with Gasteiger partial charge in [-0.25, -0.2) is 4.68 Å². The normalized spacial score (nSPS) is 12.9. The lowest BCUT2D eigenvalue weighted by atomic mass is 10.0. The summed E-state index contributed by atoms with van der Waals surface area (Å²) in [6.45, 7) is 0.587. The maximum absolute atomic E-state index is 12.7. The molecule has 0 saturated heterocycles. The van der Waals surface area contributed by atoms with Gasteiger partial charge in [0.05, 0.1) is 31.1 Å². The first-order valence-electron chi connectivity index (χ1n) is 10.7. The summed E-state index contributed by atoms with van der Waals surface area (Å²) >= 11 is 0. The molecule has 7 heteroatoms. The Bertz CT molecular complexity index is 1030. The number of nitrogens with one attached hydrogen (secondary N) is 1. The number of nitrogens with zero attached hydrogens (tertiary/aromatic N) is 3. The van der Waals surface area contributed by atoms with Gasteiger partial charge in [0.15, 0.2) is 0 Å². The fourth-order valence-electron chi connectivity index (χ4n) is 4.05. The smallest absolute Gasteiger partial charge is 0.239 e. The Balaban J connectivity index is 1.62. The van der Waals surface area contributed by atoms with E-state index in [-0.39, 0.29) is 25.7 Å². The summed E-state index contributed by atoms with van der Waals surface area (Å²) < 4.78 is 1.74. The van der Waals surface area contributed by atoms with Crippen LogP contribution < -0.4 is 5.32 Å². The number of carbonyl (C=O) groups is 1. The van der Waals surface area contributed by atoms with Gasteiger partial charge in [0.2, 0.25) is 5.91 Å². The highest BCUT2D eigenvalue weighted by molar-refractivity contribution is 5.92. The van der Waals surface area contributed by atoms with Gasteiger partial charge in [-0.2, -0.15) is 5.10 Å². The van der Waals surface area contributed by atoms with Crippen molar-refractivity contribution in [2.24, 2.45) is 0 Å². The van der Waals surface area contributed by atoms with Gasteiger partial charge in [-0.1, -0.05) is 30.3 Å². The molecule has 0 atom stereocenters. The third-order valence-corrected chi connectivity index (χ3v) is 5.57. The molecule has 0 bridgehead atoms. The van der Waals surface area contributed by atoms with Crippen LogP contribution in [0.2, 0.25) is 0 Å². The van der Waals surface area contributed by atoms with Gasteiger partial charge < -0.3 is 15.5 Å². The molecule has 0 spiro atoms. The Hall–Kier alpha value is -3.00. The maximum Gasteiger partial charge on any atom is 0.239 e. The average molecular weight is 421 g/mol. The fraction of sp³-hybridized carbons (Fsp3) is 0.333. The molecule has 0 unspecified atom stereocenters. The lowest BCUT2D eigenvalue weighted by Gasteiger charge is -2.19. The highest BCUT2D eigenvalue weighted by Crippen LogP contribution is 2.30. The minimum Gasteiger partial charge on any atom is -0.395 e. The van der Waals surface area contributed by atoms with E-state index in [0.29, 0.717) is 18.9 Å². The predicted molar refractivity (Wildman–Crippen MR) is 120 cm³/mol. The van der Waals surface area contributed by atoms with E-state index in [1.165, 1.54) is 17.5 Å². The lowest BCUT2D eigenvalue weighted by Crippen LogP contribution is -2.37. The van der Waals surface area contributed by atoms with Crippen molar-refractivity contribution in [3.63, 3.8) is 0 Å². The van der Waals surface area contributed by atoms with Crippen LogP contribution >= 0.6 is 0 Å².